The van der Waals surface area contributed by atoms with Crippen molar-refractivity contribution in [3.05, 3.63) is 29.3 Å². The largest absolute Gasteiger partial charge is 0.393 e. The Balaban J connectivity index is 2.74. The van der Waals surface area contributed by atoms with E-state index in [1.165, 1.54) is 0 Å². The van der Waals surface area contributed by atoms with E-state index in [2.05, 4.69) is 4.72 Å². The lowest BCUT2D eigenvalue weighted by Crippen LogP contribution is -2.29. The van der Waals surface area contributed by atoms with E-state index in [1.807, 2.05) is 26.8 Å². The summed E-state index contributed by atoms with van der Waals surface area (Å²) >= 11 is 0. The second-order valence-corrected chi connectivity index (χ2v) is 7.00. The van der Waals surface area contributed by atoms with Gasteiger partial charge in [-0.25, -0.2) is 13.1 Å². The Hall–Kier alpha value is -0.910. The minimum Gasteiger partial charge on any atom is -0.393 e. The zero-order valence-electron chi connectivity index (χ0n) is 12.0. The first kappa shape index (κ1) is 16.1. The van der Waals surface area contributed by atoms with Crippen LogP contribution in [0.2, 0.25) is 0 Å². The van der Waals surface area contributed by atoms with Crippen LogP contribution in [0.5, 0.6) is 0 Å². The maximum Gasteiger partial charge on any atom is 0.240 e. The Morgan fingerprint density at radius 2 is 1.89 bits per heavy atom. The molecule has 0 aliphatic heterocycles. The number of hydrogen-bond donors (Lipinski definition) is 2. The lowest BCUT2D eigenvalue weighted by Gasteiger charge is -2.15. The van der Waals surface area contributed by atoms with Gasteiger partial charge in [0.2, 0.25) is 10.0 Å². The number of aliphatic hydroxyl groups is 1. The van der Waals surface area contributed by atoms with E-state index in [9.17, 15) is 13.5 Å². The summed E-state index contributed by atoms with van der Waals surface area (Å²) in [4.78, 5) is 0.312. The van der Waals surface area contributed by atoms with Gasteiger partial charge < -0.3 is 5.11 Å². The van der Waals surface area contributed by atoms with Crippen molar-refractivity contribution in [3.63, 3.8) is 0 Å². The van der Waals surface area contributed by atoms with Gasteiger partial charge in [-0.15, -0.1) is 0 Å². The standard InChI is InChI=1S/C14H23NO3S/c1-10(2)13(16)7-8-15-19(17,18)14-9-11(3)5-6-12(14)4/h5-6,9-10,13,15-16H,7-8H2,1-4H3. The van der Waals surface area contributed by atoms with Crippen molar-refractivity contribution in [2.24, 2.45) is 5.92 Å². The molecule has 1 unspecified atom stereocenters. The molecule has 2 N–H and O–H groups in total. The van der Waals surface area contributed by atoms with Crippen molar-refractivity contribution in [1.29, 1.82) is 0 Å². The number of aliphatic hydroxyl groups excluding tert-OH is 1. The first-order valence-corrected chi connectivity index (χ1v) is 7.97. The SMILES string of the molecule is Cc1ccc(C)c(S(=O)(=O)NCCC(O)C(C)C)c1. The Kier molecular flexibility index (Phi) is 5.52. The number of aryl methyl sites for hydroxylation is 2. The van der Waals surface area contributed by atoms with Crippen LogP contribution in [0.25, 0.3) is 0 Å². The number of sulfonamides is 1. The Morgan fingerprint density at radius 1 is 1.26 bits per heavy atom. The molecule has 0 heterocycles. The Bertz CT molecular complexity index is 523. The average Bonchev–Trinajstić information content (AvgIpc) is 2.31. The molecule has 4 nitrogen and oxygen atoms in total. The molecule has 1 rings (SSSR count). The second kappa shape index (κ2) is 6.50. The fraction of sp³-hybridized carbons (Fsp3) is 0.571. The summed E-state index contributed by atoms with van der Waals surface area (Å²) in [6.07, 6.45) is -0.0665. The van der Waals surface area contributed by atoms with Gasteiger partial charge in [-0.05, 0) is 43.4 Å². The van der Waals surface area contributed by atoms with E-state index in [0.717, 1.165) is 11.1 Å². The van der Waals surface area contributed by atoms with Crippen molar-refractivity contribution in [2.45, 2.75) is 45.1 Å². The molecule has 0 fully saturated rings. The molecule has 1 atom stereocenters. The molecule has 5 heteroatoms. The first-order chi connectivity index (χ1) is 8.74. The summed E-state index contributed by atoms with van der Waals surface area (Å²) < 4.78 is 26.9. The van der Waals surface area contributed by atoms with Crippen molar-refractivity contribution < 1.29 is 13.5 Å². The fourth-order valence-corrected chi connectivity index (χ4v) is 3.12. The molecule has 0 spiro atoms. The molecule has 108 valence electrons. The van der Waals surface area contributed by atoms with Gasteiger partial charge in [-0.2, -0.15) is 0 Å². The van der Waals surface area contributed by atoms with Gasteiger partial charge in [-0.1, -0.05) is 26.0 Å². The van der Waals surface area contributed by atoms with Crippen LogP contribution in [0.15, 0.2) is 23.1 Å². The van der Waals surface area contributed by atoms with E-state index in [4.69, 9.17) is 0 Å². The molecular formula is C14H23NO3S. The summed E-state index contributed by atoms with van der Waals surface area (Å²) in [6, 6.07) is 5.35. The van der Waals surface area contributed by atoms with Crippen LogP contribution in [-0.4, -0.2) is 26.2 Å². The summed E-state index contributed by atoms with van der Waals surface area (Å²) in [5, 5.41) is 9.66. The van der Waals surface area contributed by atoms with Crippen LogP contribution in [0.3, 0.4) is 0 Å². The summed E-state index contributed by atoms with van der Waals surface area (Å²) in [5.74, 6) is 0.130. The van der Waals surface area contributed by atoms with E-state index in [0.29, 0.717) is 11.3 Å². The predicted octanol–water partition coefficient (Wildman–Crippen LogP) is 1.99. The Morgan fingerprint density at radius 3 is 2.47 bits per heavy atom. The molecule has 0 amide bonds. The monoisotopic (exact) mass is 285 g/mol. The van der Waals surface area contributed by atoms with Crippen LogP contribution in [0.4, 0.5) is 0 Å². The maximum absolute atomic E-state index is 12.2. The zero-order valence-corrected chi connectivity index (χ0v) is 12.8. The quantitative estimate of drug-likeness (QED) is 0.840. The van der Waals surface area contributed by atoms with Crippen molar-refractivity contribution in [3.8, 4) is 0 Å². The third-order valence-corrected chi connectivity index (χ3v) is 4.74. The Labute approximate surface area is 115 Å². The van der Waals surface area contributed by atoms with Crippen LogP contribution in [0, 0.1) is 19.8 Å². The molecule has 0 radical (unpaired) electrons. The summed E-state index contributed by atoms with van der Waals surface area (Å²) in [5.41, 5.74) is 1.63. The van der Waals surface area contributed by atoms with Gasteiger partial charge in [-0.3, -0.25) is 0 Å². The zero-order chi connectivity index (χ0) is 14.6. The van der Waals surface area contributed by atoms with Gasteiger partial charge in [0.1, 0.15) is 0 Å². The van der Waals surface area contributed by atoms with Gasteiger partial charge in [0.25, 0.3) is 0 Å². The highest BCUT2D eigenvalue weighted by atomic mass is 32.2. The van der Waals surface area contributed by atoms with Crippen molar-refractivity contribution in [2.75, 3.05) is 6.54 Å². The lowest BCUT2D eigenvalue weighted by molar-refractivity contribution is 0.118. The highest BCUT2D eigenvalue weighted by molar-refractivity contribution is 7.89. The molecule has 1 aromatic rings. The minimum atomic E-state index is -3.50. The molecule has 0 saturated carbocycles. The number of nitrogens with one attached hydrogen (secondary N) is 1. The molecule has 1 aromatic carbocycles. The topological polar surface area (TPSA) is 66.4 Å². The fourth-order valence-electron chi connectivity index (χ4n) is 1.75. The van der Waals surface area contributed by atoms with E-state index >= 15 is 0 Å². The minimum absolute atomic E-state index is 0.130. The number of hydrogen-bond acceptors (Lipinski definition) is 3. The second-order valence-electron chi connectivity index (χ2n) is 5.27. The summed E-state index contributed by atoms with van der Waals surface area (Å²) in [7, 11) is -3.50. The normalized spacial score (nSPS) is 13.8. The first-order valence-electron chi connectivity index (χ1n) is 6.49. The van der Waals surface area contributed by atoms with Crippen molar-refractivity contribution in [1.82, 2.24) is 4.72 Å². The van der Waals surface area contributed by atoms with Gasteiger partial charge in [0, 0.05) is 6.54 Å². The van der Waals surface area contributed by atoms with Crippen LogP contribution >= 0.6 is 0 Å². The number of rotatable bonds is 6. The highest BCUT2D eigenvalue weighted by Crippen LogP contribution is 2.16. The average molecular weight is 285 g/mol. The van der Waals surface area contributed by atoms with E-state index in [1.54, 1.807) is 19.1 Å². The molecule has 0 bridgehead atoms. The van der Waals surface area contributed by atoms with Gasteiger partial charge in [0.05, 0.1) is 11.0 Å². The summed E-state index contributed by atoms with van der Waals surface area (Å²) in [6.45, 7) is 7.70. The number of benzene rings is 1. The highest BCUT2D eigenvalue weighted by Gasteiger charge is 2.17. The third-order valence-electron chi connectivity index (χ3n) is 3.13. The molecular weight excluding hydrogens is 262 g/mol. The predicted molar refractivity (Wildman–Crippen MR) is 76.6 cm³/mol. The van der Waals surface area contributed by atoms with Crippen molar-refractivity contribution >= 4 is 10.0 Å². The van der Waals surface area contributed by atoms with Crippen LogP contribution in [-0.2, 0) is 10.0 Å². The third kappa shape index (κ3) is 4.60. The smallest absolute Gasteiger partial charge is 0.240 e. The molecule has 0 aliphatic carbocycles. The van der Waals surface area contributed by atoms with Crippen LogP contribution < -0.4 is 4.72 Å². The molecule has 19 heavy (non-hydrogen) atoms. The van der Waals surface area contributed by atoms with Crippen LogP contribution in [0.1, 0.15) is 31.4 Å². The van der Waals surface area contributed by atoms with E-state index < -0.39 is 16.1 Å². The molecule has 0 aromatic heterocycles. The molecule has 0 aliphatic rings. The van der Waals surface area contributed by atoms with Gasteiger partial charge >= 0.3 is 0 Å². The van der Waals surface area contributed by atoms with E-state index in [-0.39, 0.29) is 12.5 Å². The van der Waals surface area contributed by atoms with Gasteiger partial charge in [0.15, 0.2) is 0 Å². The maximum atomic E-state index is 12.2. The lowest BCUT2D eigenvalue weighted by atomic mass is 10.1. The molecule has 0 saturated heterocycles.